The van der Waals surface area contributed by atoms with Crippen molar-refractivity contribution in [3.63, 3.8) is 0 Å². The molecule has 348 valence electrons. The number of hydrogen-bond donors (Lipinski definition) is 3. The van der Waals surface area contributed by atoms with Gasteiger partial charge in [-0.25, -0.2) is 19.2 Å². The largest absolute Gasteiger partial charge is 0.481 e. The molecule has 0 heterocycles. The van der Waals surface area contributed by atoms with Crippen molar-refractivity contribution in [1.29, 1.82) is 0 Å². The van der Waals surface area contributed by atoms with E-state index in [-0.39, 0.29) is 51.1 Å². The summed E-state index contributed by atoms with van der Waals surface area (Å²) in [5, 5.41) is 14.1. The number of hydrogen-bond acceptors (Lipinski definition) is 11. The van der Waals surface area contributed by atoms with Crippen LogP contribution < -0.4 is 10.6 Å². The topological polar surface area (TPSA) is 193 Å². The van der Waals surface area contributed by atoms with E-state index < -0.39 is 65.6 Å². The highest BCUT2D eigenvalue weighted by Gasteiger charge is 2.35. The smallest absolute Gasteiger partial charge is 0.407 e. The van der Waals surface area contributed by atoms with Gasteiger partial charge in [0.1, 0.15) is 44.1 Å². The van der Waals surface area contributed by atoms with E-state index in [0.717, 1.165) is 44.5 Å². The van der Waals surface area contributed by atoms with Gasteiger partial charge in [-0.3, -0.25) is 9.59 Å². The second-order valence-corrected chi connectivity index (χ2v) is 17.1. The lowest BCUT2D eigenvalue weighted by Gasteiger charge is -2.25. The lowest BCUT2D eigenvalue weighted by molar-refractivity contribution is -0.157. The van der Waals surface area contributed by atoms with E-state index >= 15 is 0 Å². The van der Waals surface area contributed by atoms with Crippen molar-refractivity contribution in [2.24, 2.45) is 11.8 Å². The Hall–Kier alpha value is -7.22. The number of rotatable bonds is 18. The number of alkyl carbamates (subject to hydrolysis) is 2. The molecule has 14 heteroatoms. The van der Waals surface area contributed by atoms with E-state index in [0.29, 0.717) is 0 Å². The first kappa shape index (κ1) is 49.8. The van der Waals surface area contributed by atoms with E-state index in [1.54, 1.807) is 34.6 Å². The molecule has 3 N–H and O–H groups in total. The van der Waals surface area contributed by atoms with Gasteiger partial charge in [0, 0.05) is 11.8 Å². The maximum Gasteiger partial charge on any atom is 0.407 e. The molecule has 0 saturated carbocycles. The summed E-state index contributed by atoms with van der Waals surface area (Å²) in [6.07, 6.45) is 0.875. The molecule has 2 aliphatic carbocycles. The zero-order valence-electron chi connectivity index (χ0n) is 38.0. The minimum absolute atomic E-state index is 0.0130. The highest BCUT2D eigenvalue weighted by Crippen LogP contribution is 2.45. The Labute approximate surface area is 385 Å². The minimum Gasteiger partial charge on any atom is -0.481 e. The number of amides is 2. The molecule has 4 atom stereocenters. The number of nitrogens with one attached hydrogen (secondary N) is 2. The first-order valence-electron chi connectivity index (χ1n) is 21.7. The highest BCUT2D eigenvalue weighted by molar-refractivity contribution is 5.84. The summed E-state index contributed by atoms with van der Waals surface area (Å²) in [6.45, 7) is 15.7. The van der Waals surface area contributed by atoms with Crippen LogP contribution in [0.3, 0.4) is 0 Å². The molecule has 66 heavy (non-hydrogen) atoms. The Balaban J connectivity index is 0.000000249. The summed E-state index contributed by atoms with van der Waals surface area (Å²) in [5.41, 5.74) is 8.10. The molecule has 0 radical (unpaired) electrons. The Morgan fingerprint density at radius 1 is 0.576 bits per heavy atom. The fourth-order valence-corrected chi connectivity index (χ4v) is 8.02. The summed E-state index contributed by atoms with van der Waals surface area (Å²) >= 11 is 0. The average Bonchev–Trinajstić information content (AvgIpc) is 3.78. The van der Waals surface area contributed by atoms with Gasteiger partial charge in [-0.15, -0.1) is 0 Å². The molecule has 0 aromatic heterocycles. The van der Waals surface area contributed by atoms with Gasteiger partial charge < -0.3 is 39.4 Å². The van der Waals surface area contributed by atoms with Crippen LogP contribution in [0.4, 0.5) is 9.59 Å². The van der Waals surface area contributed by atoms with E-state index in [1.807, 2.05) is 84.9 Å². The van der Waals surface area contributed by atoms with Gasteiger partial charge in [-0.05, 0) is 77.1 Å². The summed E-state index contributed by atoms with van der Waals surface area (Å²) in [5.74, 6) is -4.46. The molecule has 14 nitrogen and oxygen atoms in total. The number of aliphatic carboxylic acids is 1. The first-order chi connectivity index (χ1) is 31.5. The maximum absolute atomic E-state index is 12.8. The fourth-order valence-electron chi connectivity index (χ4n) is 8.02. The monoisotopic (exact) mass is 902 g/mol. The predicted octanol–water partition coefficient (Wildman–Crippen LogP) is 8.72. The molecule has 0 fully saturated rings. The lowest BCUT2D eigenvalue weighted by Crippen LogP contribution is -2.47. The molecule has 2 aliphatic rings. The number of carboxylic acids is 1. The van der Waals surface area contributed by atoms with Crippen molar-refractivity contribution in [2.45, 2.75) is 77.0 Å². The van der Waals surface area contributed by atoms with E-state index in [1.165, 1.54) is 12.2 Å². The standard InChI is InChI=1S/C28H33NO6.C24H25NO6/c1-6-15-33-26(31)25(18(2)16-24(30)35-28(3,4)5)29-27(32)34-17-23-21-13-9-7-11-19(21)20-12-8-10-14-22(20)23;1-3-12-30-23(28)22(15(2)13-21(26)27)25-24(29)31-14-20-18-10-6-4-8-16(18)17-9-5-7-11-19(17)20/h6-14,18,23,25H,1,15-17H2,2-5H3,(H,29,32);3-11,15,20,22H,1,12-14H2,2H3,(H,25,29)(H,26,27)/t18-,25?;15-,22?/m11/s1. The third kappa shape index (κ3) is 13.2. The molecule has 2 unspecified atom stereocenters. The Morgan fingerprint density at radius 2 is 0.909 bits per heavy atom. The molecule has 0 saturated heterocycles. The van der Waals surface area contributed by atoms with Gasteiger partial charge in [0.25, 0.3) is 0 Å². The zero-order valence-corrected chi connectivity index (χ0v) is 38.0. The third-order valence-corrected chi connectivity index (χ3v) is 11.0. The molecular formula is C52H58N2O12. The molecule has 4 aromatic rings. The predicted molar refractivity (Wildman–Crippen MR) is 247 cm³/mol. The average molecular weight is 903 g/mol. The second kappa shape index (κ2) is 23.1. The van der Waals surface area contributed by atoms with Crippen LogP contribution in [0.2, 0.25) is 0 Å². The van der Waals surface area contributed by atoms with Crippen LogP contribution in [0.15, 0.2) is 122 Å². The van der Waals surface area contributed by atoms with Gasteiger partial charge in [0.05, 0.1) is 12.8 Å². The van der Waals surface area contributed by atoms with Crippen molar-refractivity contribution in [1.82, 2.24) is 10.6 Å². The van der Waals surface area contributed by atoms with Crippen molar-refractivity contribution in [2.75, 3.05) is 26.4 Å². The van der Waals surface area contributed by atoms with Crippen molar-refractivity contribution in [3.8, 4) is 22.3 Å². The number of carbonyl (C=O) groups is 6. The quantitative estimate of drug-likeness (QED) is 0.0489. The Kier molecular flexibility index (Phi) is 17.4. The Morgan fingerprint density at radius 3 is 1.23 bits per heavy atom. The summed E-state index contributed by atoms with van der Waals surface area (Å²) in [4.78, 5) is 73.6. The van der Waals surface area contributed by atoms with Crippen LogP contribution in [-0.2, 0) is 42.9 Å². The van der Waals surface area contributed by atoms with Crippen LogP contribution in [0.1, 0.15) is 81.5 Å². The highest BCUT2D eigenvalue weighted by atomic mass is 16.6. The minimum atomic E-state index is -1.15. The summed E-state index contributed by atoms with van der Waals surface area (Å²) in [7, 11) is 0. The van der Waals surface area contributed by atoms with Crippen LogP contribution in [0, 0.1) is 11.8 Å². The molecule has 0 bridgehead atoms. The van der Waals surface area contributed by atoms with Crippen molar-refractivity contribution in [3.05, 3.63) is 145 Å². The van der Waals surface area contributed by atoms with E-state index in [4.69, 9.17) is 28.8 Å². The molecule has 2 amide bonds. The van der Waals surface area contributed by atoms with Crippen LogP contribution in [-0.4, -0.2) is 85.3 Å². The molecule has 0 aliphatic heterocycles. The first-order valence-corrected chi connectivity index (χ1v) is 21.7. The van der Waals surface area contributed by atoms with Crippen molar-refractivity contribution >= 4 is 36.1 Å². The molecule has 4 aromatic carbocycles. The molecule has 0 spiro atoms. The molecular weight excluding hydrogens is 845 g/mol. The van der Waals surface area contributed by atoms with Gasteiger partial charge >= 0.3 is 36.1 Å². The van der Waals surface area contributed by atoms with Crippen LogP contribution >= 0.6 is 0 Å². The maximum atomic E-state index is 12.8. The number of fused-ring (bicyclic) bond motifs is 6. The molecule has 6 rings (SSSR count). The van der Waals surface area contributed by atoms with E-state index in [9.17, 15) is 28.8 Å². The van der Waals surface area contributed by atoms with Gasteiger partial charge in [0.2, 0.25) is 0 Å². The van der Waals surface area contributed by atoms with Gasteiger partial charge in [-0.1, -0.05) is 136 Å². The third-order valence-electron chi connectivity index (χ3n) is 11.0. The summed E-state index contributed by atoms with van der Waals surface area (Å²) in [6, 6.07) is 29.7. The van der Waals surface area contributed by atoms with Crippen LogP contribution in [0.5, 0.6) is 0 Å². The number of carbonyl (C=O) groups excluding carboxylic acids is 5. The number of esters is 3. The fraction of sp³-hybridized carbons (Fsp3) is 0.346. The lowest BCUT2D eigenvalue weighted by atomic mass is 9.98. The number of carboxylic acid groups (broad SMARTS) is 1. The SMILES string of the molecule is C=CCOC(=O)C(NC(=O)OCC1c2ccccc2-c2ccccc21)[C@H](C)CC(=O)O.C=CCOC(=O)C(NC(=O)OCC1c2ccccc2-c2ccccc21)[C@H](C)CC(=O)OC(C)(C)C. The van der Waals surface area contributed by atoms with Gasteiger partial charge in [-0.2, -0.15) is 0 Å². The normalized spacial score (nSPS) is 14.1. The second-order valence-electron chi connectivity index (χ2n) is 17.1. The summed E-state index contributed by atoms with van der Waals surface area (Å²) < 4.78 is 26.5. The van der Waals surface area contributed by atoms with Crippen LogP contribution in [0.25, 0.3) is 22.3 Å². The number of ether oxygens (including phenoxy) is 5. The number of benzene rings is 4. The van der Waals surface area contributed by atoms with Gasteiger partial charge in [0.15, 0.2) is 0 Å². The zero-order chi connectivity index (χ0) is 48.0. The van der Waals surface area contributed by atoms with Crippen molar-refractivity contribution < 1.29 is 57.6 Å². The van der Waals surface area contributed by atoms with E-state index in [2.05, 4.69) is 35.9 Å². The Bertz CT molecular complexity index is 2310.